The summed E-state index contributed by atoms with van der Waals surface area (Å²) in [6.07, 6.45) is 7.05. The van der Waals surface area contributed by atoms with Crippen LogP contribution in [-0.2, 0) is 18.9 Å². The molecule has 1 fully saturated rings. The molecule has 1 unspecified atom stereocenters. The van der Waals surface area contributed by atoms with Gasteiger partial charge in [0.2, 0.25) is 6.29 Å². The van der Waals surface area contributed by atoms with E-state index in [1.165, 1.54) is 19.3 Å². The largest absolute Gasteiger partial charge is 0.353 e. The number of hydrogen-bond acceptors (Lipinski definition) is 4. The third-order valence-electron chi connectivity index (χ3n) is 3.52. The molecule has 0 saturated carbocycles. The monoisotopic (exact) mass is 312 g/mol. The van der Waals surface area contributed by atoms with Gasteiger partial charge in [0.05, 0.1) is 0 Å². The van der Waals surface area contributed by atoms with Crippen LogP contribution in [0.3, 0.4) is 0 Å². The molecule has 0 aliphatic carbocycles. The average molecular weight is 312 g/mol. The lowest BCUT2D eigenvalue weighted by Gasteiger charge is -2.25. The van der Waals surface area contributed by atoms with Crippen molar-refractivity contribution in [2.45, 2.75) is 84.4 Å². The Hall–Kier alpha value is -0.600. The van der Waals surface area contributed by atoms with E-state index in [0.717, 1.165) is 32.3 Å². The van der Waals surface area contributed by atoms with Crippen LogP contribution < -0.4 is 0 Å². The predicted molar refractivity (Wildman–Crippen MR) is 87.4 cm³/mol. The lowest BCUT2D eigenvalue weighted by molar-refractivity contribution is -0.177. The number of unbranched alkanes of at least 4 members (excludes halogenated alkanes) is 2. The molecular formula is C18H32O4. The third kappa shape index (κ3) is 8.75. The van der Waals surface area contributed by atoms with Crippen molar-refractivity contribution in [2.75, 3.05) is 19.8 Å². The standard InChI is InChI=1S/C18H32O4/c1-4-7-8-11-16(22-18-12-9-10-15-21-18)13-14-17(19-5-2)20-6-3/h16-18H,4-12,15H2,1-3H3/t16-,18?/m0/s1. The van der Waals surface area contributed by atoms with E-state index in [2.05, 4.69) is 18.8 Å². The van der Waals surface area contributed by atoms with Crippen LogP contribution in [-0.4, -0.2) is 38.5 Å². The summed E-state index contributed by atoms with van der Waals surface area (Å²) in [6.45, 7) is 8.06. The molecule has 0 amide bonds. The molecule has 1 rings (SSSR count). The van der Waals surface area contributed by atoms with Crippen molar-refractivity contribution in [3.8, 4) is 11.8 Å². The minimum Gasteiger partial charge on any atom is -0.353 e. The predicted octanol–water partition coefficient (Wildman–Crippen LogP) is 3.88. The van der Waals surface area contributed by atoms with E-state index in [-0.39, 0.29) is 12.4 Å². The van der Waals surface area contributed by atoms with Crippen molar-refractivity contribution in [3.05, 3.63) is 0 Å². The van der Waals surface area contributed by atoms with Crippen LogP contribution in [0.15, 0.2) is 0 Å². The highest BCUT2D eigenvalue weighted by Crippen LogP contribution is 2.17. The fraction of sp³-hybridized carbons (Fsp3) is 0.889. The van der Waals surface area contributed by atoms with Gasteiger partial charge >= 0.3 is 0 Å². The Bertz CT molecular complexity index is 309. The summed E-state index contributed by atoms with van der Waals surface area (Å²) >= 11 is 0. The topological polar surface area (TPSA) is 36.9 Å². The second kappa shape index (κ2) is 12.9. The normalized spacial score (nSPS) is 19.7. The summed E-state index contributed by atoms with van der Waals surface area (Å²) in [4.78, 5) is 0. The van der Waals surface area contributed by atoms with Crippen molar-refractivity contribution < 1.29 is 18.9 Å². The van der Waals surface area contributed by atoms with E-state index >= 15 is 0 Å². The summed E-state index contributed by atoms with van der Waals surface area (Å²) in [5.74, 6) is 6.26. The molecule has 1 aliphatic heterocycles. The van der Waals surface area contributed by atoms with Gasteiger partial charge in [0, 0.05) is 19.8 Å². The van der Waals surface area contributed by atoms with Crippen molar-refractivity contribution in [3.63, 3.8) is 0 Å². The second-order valence-corrected chi connectivity index (χ2v) is 5.45. The highest BCUT2D eigenvalue weighted by Gasteiger charge is 2.18. The van der Waals surface area contributed by atoms with Crippen LogP contribution in [0, 0.1) is 11.8 Å². The Morgan fingerprint density at radius 1 is 1.05 bits per heavy atom. The highest BCUT2D eigenvalue weighted by atomic mass is 16.7. The molecule has 4 nitrogen and oxygen atoms in total. The molecule has 0 spiro atoms. The lowest BCUT2D eigenvalue weighted by Crippen LogP contribution is -2.27. The summed E-state index contributed by atoms with van der Waals surface area (Å²) in [5, 5.41) is 0. The van der Waals surface area contributed by atoms with Gasteiger partial charge in [-0.2, -0.15) is 0 Å². The Balaban J connectivity index is 2.54. The van der Waals surface area contributed by atoms with Gasteiger partial charge in [-0.25, -0.2) is 0 Å². The van der Waals surface area contributed by atoms with Gasteiger partial charge in [-0.3, -0.25) is 0 Å². The van der Waals surface area contributed by atoms with Gasteiger partial charge < -0.3 is 18.9 Å². The fourth-order valence-electron chi connectivity index (χ4n) is 2.35. The molecule has 1 aliphatic rings. The van der Waals surface area contributed by atoms with Crippen LogP contribution in [0.25, 0.3) is 0 Å². The van der Waals surface area contributed by atoms with E-state index < -0.39 is 6.29 Å². The van der Waals surface area contributed by atoms with Gasteiger partial charge in [0.15, 0.2) is 6.29 Å². The molecule has 0 aromatic rings. The molecule has 22 heavy (non-hydrogen) atoms. The first kappa shape index (κ1) is 19.4. The second-order valence-electron chi connectivity index (χ2n) is 5.45. The summed E-state index contributed by atoms with van der Waals surface area (Å²) < 4.78 is 22.6. The maximum absolute atomic E-state index is 6.04. The summed E-state index contributed by atoms with van der Waals surface area (Å²) in [7, 11) is 0. The molecule has 1 heterocycles. The average Bonchev–Trinajstić information content (AvgIpc) is 2.54. The maximum Gasteiger partial charge on any atom is 0.222 e. The van der Waals surface area contributed by atoms with Crippen LogP contribution in [0.2, 0.25) is 0 Å². The van der Waals surface area contributed by atoms with E-state index in [1.54, 1.807) is 0 Å². The van der Waals surface area contributed by atoms with Gasteiger partial charge in [-0.05, 0) is 51.9 Å². The van der Waals surface area contributed by atoms with Crippen molar-refractivity contribution in [1.82, 2.24) is 0 Å². The van der Waals surface area contributed by atoms with Crippen molar-refractivity contribution in [1.29, 1.82) is 0 Å². The Morgan fingerprint density at radius 2 is 1.82 bits per heavy atom. The molecule has 0 radical (unpaired) electrons. The lowest BCUT2D eigenvalue weighted by atomic mass is 10.1. The quantitative estimate of drug-likeness (QED) is 0.348. The SMILES string of the molecule is CCCCC[C@@H](C#CC(OCC)OCC)OC1CCCCO1. The molecule has 0 bridgehead atoms. The molecule has 0 aromatic heterocycles. The Labute approximate surface area is 135 Å². The molecule has 0 N–H and O–H groups in total. The van der Waals surface area contributed by atoms with E-state index in [0.29, 0.717) is 13.2 Å². The van der Waals surface area contributed by atoms with E-state index in [9.17, 15) is 0 Å². The summed E-state index contributed by atoms with van der Waals surface area (Å²) in [5.41, 5.74) is 0. The minimum atomic E-state index is -0.459. The van der Waals surface area contributed by atoms with Gasteiger partial charge in [-0.1, -0.05) is 25.7 Å². The van der Waals surface area contributed by atoms with Crippen LogP contribution >= 0.6 is 0 Å². The van der Waals surface area contributed by atoms with Gasteiger partial charge in [0.1, 0.15) is 6.10 Å². The van der Waals surface area contributed by atoms with E-state index in [4.69, 9.17) is 18.9 Å². The van der Waals surface area contributed by atoms with Crippen molar-refractivity contribution in [2.24, 2.45) is 0 Å². The smallest absolute Gasteiger partial charge is 0.222 e. The van der Waals surface area contributed by atoms with E-state index in [1.807, 2.05) is 13.8 Å². The van der Waals surface area contributed by atoms with Crippen molar-refractivity contribution >= 4 is 0 Å². The van der Waals surface area contributed by atoms with Crippen LogP contribution in [0.1, 0.15) is 65.7 Å². The maximum atomic E-state index is 6.04. The number of hydrogen-bond donors (Lipinski definition) is 0. The zero-order chi connectivity index (χ0) is 16.0. The summed E-state index contributed by atoms with van der Waals surface area (Å²) in [6, 6.07) is 0. The first-order valence-electron chi connectivity index (χ1n) is 8.81. The highest BCUT2D eigenvalue weighted by molar-refractivity contribution is 5.08. The Morgan fingerprint density at radius 3 is 2.41 bits per heavy atom. The molecule has 4 heteroatoms. The van der Waals surface area contributed by atoms with Crippen LogP contribution in [0.4, 0.5) is 0 Å². The fourth-order valence-corrected chi connectivity index (χ4v) is 2.35. The zero-order valence-electron chi connectivity index (χ0n) is 14.4. The number of rotatable bonds is 10. The molecule has 128 valence electrons. The molecule has 1 saturated heterocycles. The van der Waals surface area contributed by atoms with Gasteiger partial charge in [0.25, 0.3) is 0 Å². The minimum absolute atomic E-state index is 0.0990. The third-order valence-corrected chi connectivity index (χ3v) is 3.52. The molecule has 2 atom stereocenters. The molecular weight excluding hydrogens is 280 g/mol. The van der Waals surface area contributed by atoms with Crippen LogP contribution in [0.5, 0.6) is 0 Å². The number of ether oxygens (including phenoxy) is 4. The molecule has 0 aromatic carbocycles. The first-order chi connectivity index (χ1) is 10.8. The Kier molecular flexibility index (Phi) is 11.4. The zero-order valence-corrected chi connectivity index (χ0v) is 14.4. The van der Waals surface area contributed by atoms with Gasteiger partial charge in [-0.15, -0.1) is 0 Å². The first-order valence-corrected chi connectivity index (χ1v) is 8.81.